The maximum Gasteiger partial charge on any atom is 0.257 e. The number of carbonyl (C=O) groups excluding carboxylic acids is 1. The summed E-state index contributed by atoms with van der Waals surface area (Å²) in [5.74, 6) is -0.352. The van der Waals surface area contributed by atoms with E-state index in [2.05, 4.69) is 10.3 Å². The van der Waals surface area contributed by atoms with Crippen LogP contribution in [0, 0.1) is 6.92 Å². The molecule has 0 spiro atoms. The molecule has 94 valence electrons. The van der Waals surface area contributed by atoms with Crippen LogP contribution in [0.15, 0.2) is 33.9 Å². The summed E-state index contributed by atoms with van der Waals surface area (Å²) in [6, 6.07) is 3.27. The first kappa shape index (κ1) is 12.6. The summed E-state index contributed by atoms with van der Waals surface area (Å²) in [5.41, 5.74) is 1.66. The number of aryl methyl sites for hydroxylation is 1. The zero-order chi connectivity index (χ0) is 13.1. The zero-order valence-electron chi connectivity index (χ0n) is 10.2. The van der Waals surface area contributed by atoms with Crippen molar-refractivity contribution < 1.29 is 4.79 Å². The average molecular weight is 262 g/mol. The summed E-state index contributed by atoms with van der Waals surface area (Å²) in [5, 5.41) is 6.74. The van der Waals surface area contributed by atoms with Crippen LogP contribution in [0.2, 0.25) is 0 Å². The fourth-order valence-corrected chi connectivity index (χ4v) is 2.38. The topological polar surface area (TPSA) is 62.0 Å². The van der Waals surface area contributed by atoms with Gasteiger partial charge in [-0.25, -0.2) is 0 Å². The number of nitrogens with one attached hydrogen (secondary N) is 2. The molecule has 0 aromatic carbocycles. The van der Waals surface area contributed by atoms with Gasteiger partial charge in [-0.1, -0.05) is 0 Å². The van der Waals surface area contributed by atoms with E-state index in [1.165, 1.54) is 12.3 Å². The highest BCUT2D eigenvalue weighted by atomic mass is 32.1. The second-order valence-corrected chi connectivity index (χ2v) is 4.93. The first-order chi connectivity index (χ1) is 8.58. The molecular weight excluding hydrogens is 248 g/mol. The molecule has 2 aromatic rings. The third kappa shape index (κ3) is 2.68. The van der Waals surface area contributed by atoms with E-state index in [1.807, 2.05) is 23.8 Å². The standard InChI is InChI=1S/C13H14N2O2S/c1-8-5-12(16)11(6-14-8)13(17)15-9(2)10-3-4-18-7-10/h3-7,9H,1-2H3,(H,14,16)(H,15,17). The molecule has 1 atom stereocenters. The molecule has 2 rings (SSSR count). The number of hydrogen-bond acceptors (Lipinski definition) is 3. The average Bonchev–Trinajstić information content (AvgIpc) is 2.81. The van der Waals surface area contributed by atoms with Gasteiger partial charge in [0, 0.05) is 18.0 Å². The van der Waals surface area contributed by atoms with Crippen molar-refractivity contribution >= 4 is 17.2 Å². The molecule has 0 aliphatic heterocycles. The van der Waals surface area contributed by atoms with Crippen molar-refractivity contribution in [1.29, 1.82) is 0 Å². The van der Waals surface area contributed by atoms with E-state index >= 15 is 0 Å². The van der Waals surface area contributed by atoms with Crippen LogP contribution in [0.5, 0.6) is 0 Å². The molecule has 4 nitrogen and oxygen atoms in total. The van der Waals surface area contributed by atoms with E-state index in [4.69, 9.17) is 0 Å². The molecule has 0 saturated heterocycles. The largest absolute Gasteiger partial charge is 0.364 e. The fourth-order valence-electron chi connectivity index (χ4n) is 1.63. The number of pyridine rings is 1. The Morgan fingerprint density at radius 2 is 2.28 bits per heavy atom. The Labute approximate surface area is 109 Å². The number of aromatic nitrogens is 1. The number of hydrogen-bond donors (Lipinski definition) is 2. The molecular formula is C13H14N2O2S. The van der Waals surface area contributed by atoms with E-state index < -0.39 is 0 Å². The van der Waals surface area contributed by atoms with Crippen LogP contribution in [0.4, 0.5) is 0 Å². The molecule has 1 unspecified atom stereocenters. The van der Waals surface area contributed by atoms with Gasteiger partial charge in [-0.3, -0.25) is 9.59 Å². The molecule has 0 bridgehead atoms. The Kier molecular flexibility index (Phi) is 3.62. The maximum absolute atomic E-state index is 12.0. The van der Waals surface area contributed by atoms with Gasteiger partial charge in [0.2, 0.25) is 0 Å². The van der Waals surface area contributed by atoms with Gasteiger partial charge in [-0.2, -0.15) is 11.3 Å². The van der Waals surface area contributed by atoms with Crippen LogP contribution in [-0.2, 0) is 0 Å². The smallest absolute Gasteiger partial charge is 0.257 e. The van der Waals surface area contributed by atoms with Gasteiger partial charge in [-0.15, -0.1) is 0 Å². The number of H-pyrrole nitrogens is 1. The first-order valence-corrected chi connectivity index (χ1v) is 6.54. The molecule has 2 aromatic heterocycles. The maximum atomic E-state index is 12.0. The predicted molar refractivity (Wildman–Crippen MR) is 72.0 cm³/mol. The highest BCUT2D eigenvalue weighted by Gasteiger charge is 2.14. The molecule has 0 saturated carbocycles. The van der Waals surface area contributed by atoms with Crippen molar-refractivity contribution in [3.63, 3.8) is 0 Å². The Balaban J connectivity index is 2.15. The van der Waals surface area contributed by atoms with Crippen LogP contribution in [-0.4, -0.2) is 10.9 Å². The van der Waals surface area contributed by atoms with E-state index in [9.17, 15) is 9.59 Å². The van der Waals surface area contributed by atoms with Crippen LogP contribution >= 0.6 is 11.3 Å². The minimum atomic E-state index is -0.352. The van der Waals surface area contributed by atoms with E-state index in [1.54, 1.807) is 18.3 Å². The van der Waals surface area contributed by atoms with Crippen molar-refractivity contribution in [2.75, 3.05) is 0 Å². The quantitative estimate of drug-likeness (QED) is 0.891. The number of aromatic amines is 1. The minimum Gasteiger partial charge on any atom is -0.364 e. The van der Waals surface area contributed by atoms with Crippen LogP contribution in [0.3, 0.4) is 0 Å². The second kappa shape index (κ2) is 5.18. The lowest BCUT2D eigenvalue weighted by molar-refractivity contribution is 0.0938. The van der Waals surface area contributed by atoms with Crippen molar-refractivity contribution in [3.8, 4) is 0 Å². The summed E-state index contributed by atoms with van der Waals surface area (Å²) < 4.78 is 0. The van der Waals surface area contributed by atoms with Gasteiger partial charge < -0.3 is 10.3 Å². The highest BCUT2D eigenvalue weighted by molar-refractivity contribution is 7.07. The SMILES string of the molecule is Cc1cc(=O)c(C(=O)NC(C)c2ccsc2)c[nH]1. The van der Waals surface area contributed by atoms with Gasteiger partial charge in [-0.05, 0) is 36.2 Å². The summed E-state index contributed by atoms with van der Waals surface area (Å²) in [6.45, 7) is 3.67. The number of thiophene rings is 1. The fraction of sp³-hybridized carbons (Fsp3) is 0.231. The summed E-state index contributed by atoms with van der Waals surface area (Å²) in [6.07, 6.45) is 1.45. The van der Waals surface area contributed by atoms with E-state index in [0.717, 1.165) is 11.3 Å². The molecule has 0 fully saturated rings. The minimum absolute atomic E-state index is 0.107. The van der Waals surface area contributed by atoms with Crippen molar-refractivity contribution in [3.05, 3.63) is 56.1 Å². The molecule has 2 heterocycles. The molecule has 0 aliphatic carbocycles. The second-order valence-electron chi connectivity index (χ2n) is 4.15. The molecule has 18 heavy (non-hydrogen) atoms. The van der Waals surface area contributed by atoms with Crippen LogP contribution < -0.4 is 10.7 Å². The summed E-state index contributed by atoms with van der Waals surface area (Å²) in [7, 11) is 0. The zero-order valence-corrected chi connectivity index (χ0v) is 11.0. The van der Waals surface area contributed by atoms with Gasteiger partial charge in [0.05, 0.1) is 6.04 Å². The van der Waals surface area contributed by atoms with Gasteiger partial charge in [0.15, 0.2) is 5.43 Å². The van der Waals surface area contributed by atoms with Crippen LogP contribution in [0.25, 0.3) is 0 Å². The lowest BCUT2D eigenvalue weighted by Gasteiger charge is -2.12. The van der Waals surface area contributed by atoms with E-state index in [0.29, 0.717) is 0 Å². The molecule has 1 amide bonds. The molecule has 0 aliphatic rings. The third-order valence-corrected chi connectivity index (χ3v) is 3.39. The molecule has 0 radical (unpaired) electrons. The van der Waals surface area contributed by atoms with Gasteiger partial charge in [0.1, 0.15) is 5.56 Å². The van der Waals surface area contributed by atoms with Crippen molar-refractivity contribution in [2.45, 2.75) is 19.9 Å². The lowest BCUT2D eigenvalue weighted by atomic mass is 10.1. The first-order valence-electron chi connectivity index (χ1n) is 5.60. The number of amides is 1. The Bertz CT molecular complexity index is 602. The Morgan fingerprint density at radius 3 is 2.89 bits per heavy atom. The summed E-state index contributed by atoms with van der Waals surface area (Å²) >= 11 is 1.58. The van der Waals surface area contributed by atoms with Gasteiger partial charge in [0.25, 0.3) is 5.91 Å². The molecule has 5 heteroatoms. The normalized spacial score (nSPS) is 12.1. The lowest BCUT2D eigenvalue weighted by Crippen LogP contribution is -2.30. The predicted octanol–water partition coefficient (Wildman–Crippen LogP) is 2.24. The Morgan fingerprint density at radius 1 is 1.50 bits per heavy atom. The summed E-state index contributed by atoms with van der Waals surface area (Å²) in [4.78, 5) is 26.5. The van der Waals surface area contributed by atoms with Crippen molar-refractivity contribution in [2.24, 2.45) is 0 Å². The number of carbonyl (C=O) groups is 1. The van der Waals surface area contributed by atoms with Crippen LogP contribution in [0.1, 0.15) is 34.6 Å². The Hall–Kier alpha value is -1.88. The third-order valence-electron chi connectivity index (χ3n) is 2.69. The van der Waals surface area contributed by atoms with E-state index in [-0.39, 0.29) is 22.9 Å². The van der Waals surface area contributed by atoms with Crippen molar-refractivity contribution in [1.82, 2.24) is 10.3 Å². The highest BCUT2D eigenvalue weighted by Crippen LogP contribution is 2.15. The monoisotopic (exact) mass is 262 g/mol. The molecule has 2 N–H and O–H groups in total. The number of rotatable bonds is 3. The van der Waals surface area contributed by atoms with Gasteiger partial charge >= 0.3 is 0 Å².